The Morgan fingerprint density at radius 2 is 2.14 bits per heavy atom. The normalized spacial score (nSPS) is 28.9. The number of aliphatic hydroxyl groups is 2. The molecular formula is C13H15N3O5. The SMILES string of the molecule is Cc1ncnc2c1ccn2[C@@H]1C[C@H](OC(=O)O)[C@@H](O)[C@H]1O. The second-order valence-electron chi connectivity index (χ2n) is 5.13. The van der Waals surface area contributed by atoms with E-state index in [1.54, 1.807) is 10.8 Å². The van der Waals surface area contributed by atoms with Crippen LogP contribution in [0.2, 0.25) is 0 Å². The molecule has 2 aromatic heterocycles. The second-order valence-corrected chi connectivity index (χ2v) is 5.13. The van der Waals surface area contributed by atoms with Gasteiger partial charge in [0.1, 0.15) is 30.3 Å². The number of rotatable bonds is 2. The minimum absolute atomic E-state index is 0.182. The Balaban J connectivity index is 1.96. The molecule has 1 fully saturated rings. The van der Waals surface area contributed by atoms with Gasteiger partial charge in [-0.3, -0.25) is 0 Å². The van der Waals surface area contributed by atoms with Gasteiger partial charge in [0, 0.05) is 18.0 Å². The molecule has 0 radical (unpaired) electrons. The highest BCUT2D eigenvalue weighted by Crippen LogP contribution is 2.35. The summed E-state index contributed by atoms with van der Waals surface area (Å²) in [6.45, 7) is 1.85. The zero-order valence-corrected chi connectivity index (χ0v) is 11.2. The third kappa shape index (κ3) is 2.22. The molecule has 3 N–H and O–H groups in total. The van der Waals surface area contributed by atoms with Crippen LogP contribution in [0.3, 0.4) is 0 Å². The minimum Gasteiger partial charge on any atom is -0.450 e. The smallest absolute Gasteiger partial charge is 0.450 e. The number of aryl methyl sites for hydroxylation is 1. The van der Waals surface area contributed by atoms with Crippen molar-refractivity contribution in [1.82, 2.24) is 14.5 Å². The van der Waals surface area contributed by atoms with E-state index >= 15 is 0 Å². The number of carboxylic acid groups (broad SMARTS) is 1. The average Bonchev–Trinajstić information content (AvgIpc) is 2.96. The maximum absolute atomic E-state index is 10.6. The number of aromatic nitrogens is 3. The van der Waals surface area contributed by atoms with Crippen molar-refractivity contribution in [3.05, 3.63) is 24.3 Å². The molecule has 2 heterocycles. The Morgan fingerprint density at radius 1 is 1.38 bits per heavy atom. The van der Waals surface area contributed by atoms with Crippen LogP contribution in [-0.2, 0) is 4.74 Å². The molecule has 0 bridgehead atoms. The van der Waals surface area contributed by atoms with Crippen LogP contribution in [0, 0.1) is 6.92 Å². The maximum atomic E-state index is 10.6. The fourth-order valence-electron chi connectivity index (χ4n) is 2.85. The molecule has 1 aliphatic rings. The molecule has 4 atom stereocenters. The molecule has 0 saturated heterocycles. The van der Waals surface area contributed by atoms with E-state index in [9.17, 15) is 15.0 Å². The summed E-state index contributed by atoms with van der Waals surface area (Å²) in [6, 6.07) is 1.32. The first kappa shape index (κ1) is 13.8. The van der Waals surface area contributed by atoms with Gasteiger partial charge >= 0.3 is 6.16 Å². The van der Waals surface area contributed by atoms with Crippen molar-refractivity contribution >= 4 is 17.2 Å². The van der Waals surface area contributed by atoms with E-state index in [0.717, 1.165) is 11.1 Å². The molecule has 0 unspecified atom stereocenters. The number of ether oxygens (including phenoxy) is 1. The molecule has 1 saturated carbocycles. The highest BCUT2D eigenvalue weighted by Gasteiger charge is 2.45. The monoisotopic (exact) mass is 293 g/mol. The summed E-state index contributed by atoms with van der Waals surface area (Å²) in [5, 5.41) is 29.6. The van der Waals surface area contributed by atoms with Crippen LogP contribution in [0.25, 0.3) is 11.0 Å². The molecule has 2 aromatic rings. The fourth-order valence-corrected chi connectivity index (χ4v) is 2.85. The maximum Gasteiger partial charge on any atom is 0.506 e. The van der Waals surface area contributed by atoms with Crippen molar-refractivity contribution in [3.8, 4) is 0 Å². The first-order valence-corrected chi connectivity index (χ1v) is 6.53. The van der Waals surface area contributed by atoms with E-state index < -0.39 is 30.5 Å². The molecule has 0 aliphatic heterocycles. The lowest BCUT2D eigenvalue weighted by molar-refractivity contribution is -0.0417. The first-order valence-electron chi connectivity index (χ1n) is 6.53. The van der Waals surface area contributed by atoms with E-state index in [0.29, 0.717) is 5.65 Å². The van der Waals surface area contributed by atoms with E-state index in [2.05, 4.69) is 14.7 Å². The number of aliphatic hydroxyl groups excluding tert-OH is 2. The van der Waals surface area contributed by atoms with E-state index in [4.69, 9.17) is 5.11 Å². The Labute approximate surface area is 119 Å². The van der Waals surface area contributed by atoms with E-state index in [1.807, 2.05) is 13.0 Å². The van der Waals surface area contributed by atoms with Gasteiger partial charge in [0.25, 0.3) is 0 Å². The van der Waals surface area contributed by atoms with Crippen LogP contribution in [0.5, 0.6) is 0 Å². The van der Waals surface area contributed by atoms with E-state index in [-0.39, 0.29) is 6.42 Å². The van der Waals surface area contributed by atoms with Gasteiger partial charge in [0.2, 0.25) is 0 Å². The van der Waals surface area contributed by atoms with Crippen LogP contribution in [0.4, 0.5) is 4.79 Å². The minimum atomic E-state index is -1.47. The number of carbonyl (C=O) groups is 1. The van der Waals surface area contributed by atoms with Gasteiger partial charge in [-0.15, -0.1) is 0 Å². The van der Waals surface area contributed by atoms with Crippen LogP contribution in [0.15, 0.2) is 18.6 Å². The van der Waals surface area contributed by atoms with Crippen molar-refractivity contribution in [2.45, 2.75) is 37.7 Å². The molecule has 1 aliphatic carbocycles. The summed E-state index contributed by atoms with van der Waals surface area (Å²) < 4.78 is 6.34. The molecule has 3 rings (SSSR count). The van der Waals surface area contributed by atoms with Gasteiger partial charge < -0.3 is 24.6 Å². The van der Waals surface area contributed by atoms with E-state index in [1.165, 1.54) is 6.33 Å². The molecular weight excluding hydrogens is 278 g/mol. The van der Waals surface area contributed by atoms with Crippen molar-refractivity contribution in [2.75, 3.05) is 0 Å². The van der Waals surface area contributed by atoms with Crippen molar-refractivity contribution < 1.29 is 24.9 Å². The van der Waals surface area contributed by atoms with Gasteiger partial charge in [-0.2, -0.15) is 0 Å². The largest absolute Gasteiger partial charge is 0.506 e. The Hall–Kier alpha value is -2.19. The predicted molar refractivity (Wildman–Crippen MR) is 70.8 cm³/mol. The van der Waals surface area contributed by atoms with Crippen LogP contribution in [0.1, 0.15) is 18.2 Å². The first-order chi connectivity index (χ1) is 9.99. The zero-order chi connectivity index (χ0) is 15.1. The molecule has 0 aromatic carbocycles. The summed E-state index contributed by atoms with van der Waals surface area (Å²) in [7, 11) is 0. The molecule has 0 amide bonds. The highest BCUT2D eigenvalue weighted by molar-refractivity contribution is 5.78. The molecule has 21 heavy (non-hydrogen) atoms. The molecule has 8 heteroatoms. The number of hydrogen-bond acceptors (Lipinski definition) is 6. The molecule has 112 valence electrons. The van der Waals surface area contributed by atoms with Crippen molar-refractivity contribution in [1.29, 1.82) is 0 Å². The molecule has 8 nitrogen and oxygen atoms in total. The van der Waals surface area contributed by atoms with Crippen LogP contribution < -0.4 is 0 Å². The summed E-state index contributed by atoms with van der Waals surface area (Å²) in [6.07, 6.45) is -1.45. The second kappa shape index (κ2) is 4.97. The lowest BCUT2D eigenvalue weighted by Crippen LogP contribution is -2.33. The zero-order valence-electron chi connectivity index (χ0n) is 11.2. The van der Waals surface area contributed by atoms with Crippen molar-refractivity contribution in [2.24, 2.45) is 0 Å². The lowest BCUT2D eigenvalue weighted by Gasteiger charge is -2.18. The van der Waals surface area contributed by atoms with Gasteiger partial charge in [-0.1, -0.05) is 0 Å². The average molecular weight is 293 g/mol. The van der Waals surface area contributed by atoms with Gasteiger partial charge in [-0.05, 0) is 13.0 Å². The summed E-state index contributed by atoms with van der Waals surface area (Å²) >= 11 is 0. The Morgan fingerprint density at radius 3 is 2.86 bits per heavy atom. The predicted octanol–water partition coefficient (Wildman–Crippen LogP) is 0.470. The number of nitrogens with zero attached hydrogens (tertiary/aromatic N) is 3. The highest BCUT2D eigenvalue weighted by atomic mass is 16.7. The number of fused-ring (bicyclic) bond motifs is 1. The Bertz CT molecular complexity index is 685. The van der Waals surface area contributed by atoms with Gasteiger partial charge in [-0.25, -0.2) is 14.8 Å². The standard InChI is InChI=1S/C13H15N3O5/c1-6-7-2-3-16(12(7)15-5-14-6)8-4-9(21-13(19)20)11(18)10(8)17/h2-3,5,8-11,17-18H,4H2,1H3,(H,19,20)/t8-,9+,10+,11-/m1/s1. The fraction of sp³-hybridized carbons (Fsp3) is 0.462. The van der Waals surface area contributed by atoms with Crippen LogP contribution in [-0.4, -0.2) is 54.3 Å². The summed E-state index contributed by atoms with van der Waals surface area (Å²) in [5.41, 5.74) is 1.44. The molecule has 0 spiro atoms. The van der Waals surface area contributed by atoms with Gasteiger partial charge in [0.05, 0.1) is 11.7 Å². The Kier molecular flexibility index (Phi) is 3.26. The number of hydrogen-bond donors (Lipinski definition) is 3. The lowest BCUT2D eigenvalue weighted by atomic mass is 10.2. The van der Waals surface area contributed by atoms with Crippen molar-refractivity contribution in [3.63, 3.8) is 0 Å². The van der Waals surface area contributed by atoms with Gasteiger partial charge in [0.15, 0.2) is 0 Å². The summed E-state index contributed by atoms with van der Waals surface area (Å²) in [4.78, 5) is 18.9. The summed E-state index contributed by atoms with van der Waals surface area (Å²) in [5.74, 6) is 0. The third-order valence-electron chi connectivity index (χ3n) is 3.92. The van der Waals surface area contributed by atoms with Crippen LogP contribution >= 0.6 is 0 Å². The third-order valence-corrected chi connectivity index (χ3v) is 3.92. The quantitative estimate of drug-likeness (QED) is 0.689. The topological polar surface area (TPSA) is 118 Å².